The van der Waals surface area contributed by atoms with Crippen molar-refractivity contribution in [1.29, 1.82) is 0 Å². The van der Waals surface area contributed by atoms with Crippen LogP contribution >= 0.6 is 7.92 Å². The molecule has 0 bridgehead atoms. The fourth-order valence-corrected chi connectivity index (χ4v) is 7.15. The van der Waals surface area contributed by atoms with E-state index in [1.807, 2.05) is 87.8 Å². The number of ether oxygens (including phenoxy) is 1. The van der Waals surface area contributed by atoms with Crippen LogP contribution in [0.1, 0.15) is 48.0 Å². The molecule has 0 heterocycles. The Morgan fingerprint density at radius 2 is 1.29 bits per heavy atom. The summed E-state index contributed by atoms with van der Waals surface area (Å²) < 4.78 is 6.30. The molecule has 2 aromatic rings. The van der Waals surface area contributed by atoms with Gasteiger partial charge in [0.15, 0.2) is 0 Å². The van der Waals surface area contributed by atoms with Crippen LogP contribution in [0.15, 0.2) is 72.8 Å². The molecule has 2 atom stereocenters. The van der Waals surface area contributed by atoms with Gasteiger partial charge in [-0.25, -0.2) is 0 Å². The molecule has 2 saturated carbocycles. The largest absolute Gasteiger partial charge is 0.457 e. The molecule has 42 heavy (non-hydrogen) atoms. The van der Waals surface area contributed by atoms with Crippen LogP contribution in [0.5, 0.6) is 0 Å². The zero-order valence-corrected chi connectivity index (χ0v) is 27.6. The predicted molar refractivity (Wildman–Crippen MR) is 172 cm³/mol. The molecule has 222 valence electrons. The summed E-state index contributed by atoms with van der Waals surface area (Å²) in [5.41, 5.74) is 1.25. The second-order valence-electron chi connectivity index (χ2n) is 12.3. The van der Waals surface area contributed by atoms with Crippen molar-refractivity contribution in [3.05, 3.63) is 136 Å². The minimum Gasteiger partial charge on any atom is -0.457 e. The summed E-state index contributed by atoms with van der Waals surface area (Å²) in [6, 6.07) is 20.6. The minimum absolute atomic E-state index is 0. The Morgan fingerprint density at radius 1 is 0.810 bits per heavy atom. The third kappa shape index (κ3) is 10.2. The van der Waals surface area contributed by atoms with Gasteiger partial charge in [-0.1, -0.05) is 109 Å². The summed E-state index contributed by atoms with van der Waals surface area (Å²) in [4.78, 5) is 25.5. The van der Waals surface area contributed by atoms with Crippen molar-refractivity contribution in [2.45, 2.75) is 54.1 Å². The van der Waals surface area contributed by atoms with Crippen molar-refractivity contribution in [2.75, 3.05) is 0 Å². The van der Waals surface area contributed by atoms with Gasteiger partial charge >= 0.3 is 5.97 Å². The third-order valence-corrected chi connectivity index (χ3v) is 9.71. The van der Waals surface area contributed by atoms with E-state index in [2.05, 4.69) is 72.4 Å². The molecule has 3 nitrogen and oxygen atoms in total. The summed E-state index contributed by atoms with van der Waals surface area (Å²) in [5.74, 6) is 0.0121. The van der Waals surface area contributed by atoms with Gasteiger partial charge in [-0.15, -0.1) is 0 Å². The number of carbonyl (C=O) groups is 2. The zero-order valence-electron chi connectivity index (χ0n) is 25.6. The molecule has 4 rings (SSSR count). The average molecular weight is 623 g/mol. The quantitative estimate of drug-likeness (QED) is 0.0950. The summed E-state index contributed by atoms with van der Waals surface area (Å²) in [6.45, 7) is 16.8. The van der Waals surface area contributed by atoms with Crippen LogP contribution < -0.4 is 10.6 Å². The normalized spacial score (nSPS) is 17.5. The first-order valence-corrected chi connectivity index (χ1v) is 15.5. The van der Waals surface area contributed by atoms with E-state index in [4.69, 9.17) is 4.74 Å². The van der Waals surface area contributed by atoms with E-state index in [0.29, 0.717) is 12.3 Å². The van der Waals surface area contributed by atoms with E-state index in [1.54, 1.807) is 0 Å². The number of hydrogen-bond donors (Lipinski definition) is 0. The first-order valence-electron chi connectivity index (χ1n) is 14.1. The monoisotopic (exact) mass is 622 g/mol. The zero-order chi connectivity index (χ0) is 30.0. The average Bonchev–Trinajstić information content (AvgIpc) is 3.67. The Bertz CT molecular complexity index is 1050. The number of carbonyl (C=O) groups excluding carboxylic acids is 2. The van der Waals surface area contributed by atoms with Gasteiger partial charge in [-0.05, 0) is 86.3 Å². The predicted octanol–water partition coefficient (Wildman–Crippen LogP) is 7.64. The van der Waals surface area contributed by atoms with Crippen molar-refractivity contribution in [1.82, 2.24) is 0 Å². The Kier molecular flexibility index (Phi) is 14.7. The molecule has 0 spiro atoms. The molecule has 0 aliphatic heterocycles. The number of hydrogen-bond acceptors (Lipinski definition) is 3. The van der Waals surface area contributed by atoms with Crippen LogP contribution in [-0.2, 0) is 31.4 Å². The molecule has 0 saturated heterocycles. The van der Waals surface area contributed by atoms with Crippen LogP contribution in [0.4, 0.5) is 0 Å². The first kappa shape index (κ1) is 36.5. The van der Waals surface area contributed by atoms with E-state index < -0.39 is 14.0 Å². The Hall–Kier alpha value is -1.73. The van der Waals surface area contributed by atoms with Crippen LogP contribution in [0.2, 0.25) is 0 Å². The molecule has 2 fully saturated rings. The van der Waals surface area contributed by atoms with Crippen molar-refractivity contribution >= 4 is 30.8 Å². The molecule has 0 amide bonds. The Morgan fingerprint density at radius 3 is 1.69 bits per heavy atom. The van der Waals surface area contributed by atoms with Crippen LogP contribution in [0, 0.1) is 79.7 Å². The van der Waals surface area contributed by atoms with Crippen molar-refractivity contribution in [3.8, 4) is 0 Å². The maximum atomic E-state index is 13.8. The van der Waals surface area contributed by atoms with Gasteiger partial charge in [0.05, 0.1) is 0 Å². The number of esters is 1. The maximum Gasteiger partial charge on any atom is 0.315 e. The molecule has 5 heteroatoms. The fraction of sp³-hybridized carbons (Fsp3) is 0.297. The molecule has 2 aliphatic carbocycles. The second-order valence-corrected chi connectivity index (χ2v) is 14.5. The van der Waals surface area contributed by atoms with Gasteiger partial charge < -0.3 is 9.53 Å². The van der Waals surface area contributed by atoms with Gasteiger partial charge in [-0.2, -0.15) is 0 Å². The van der Waals surface area contributed by atoms with E-state index in [-0.39, 0.29) is 39.8 Å². The standard InChI is InChI=1S/C32H38O3P.C5H5.Fe/c1-23(31(2,3)4)29(27(21-22-33)32(5,6)7)35-30(34)26-19-14-20-28(26)36(24-15-10-8-11-16-24)25-17-12-9-13-18-25;1-2-4-5-3-1;/h8-20,22,27,29H,1,21H2,2-7H3;1-5H;/t27-,29+;;/m1../s1. The SMILES string of the molecule is C=C([C@H](OC(=O)[C]1[CH][CH][CH][C]1P(c1ccccc1)c1ccccc1)[C@@H](CC=O)C(C)(C)C)C(C)(C)C.[CH]1[CH][CH][CH][CH]1.[Fe]. The molecule has 2 aromatic carbocycles. The molecule has 0 aromatic heterocycles. The second kappa shape index (κ2) is 16.9. The van der Waals surface area contributed by atoms with Crippen LogP contribution in [0.3, 0.4) is 0 Å². The topological polar surface area (TPSA) is 43.4 Å². The summed E-state index contributed by atoms with van der Waals surface area (Å²) in [6.07, 6.45) is 16.4. The fourth-order valence-electron chi connectivity index (χ4n) is 4.72. The number of rotatable bonds is 9. The minimum atomic E-state index is -0.949. The summed E-state index contributed by atoms with van der Waals surface area (Å²) in [7, 11) is -0.949. The van der Waals surface area contributed by atoms with Gasteiger partial charge in [0.1, 0.15) is 18.3 Å². The van der Waals surface area contributed by atoms with Gasteiger partial charge in [-0.3, -0.25) is 4.79 Å². The maximum absolute atomic E-state index is 13.8. The molecule has 10 radical (unpaired) electrons. The summed E-state index contributed by atoms with van der Waals surface area (Å²) in [5, 5.41) is 2.34. The van der Waals surface area contributed by atoms with E-state index in [9.17, 15) is 9.59 Å². The Balaban J connectivity index is 0.000000927. The van der Waals surface area contributed by atoms with Crippen LogP contribution in [-0.4, -0.2) is 18.4 Å². The van der Waals surface area contributed by atoms with Crippen LogP contribution in [0.25, 0.3) is 0 Å². The Labute approximate surface area is 267 Å². The summed E-state index contributed by atoms with van der Waals surface area (Å²) >= 11 is 0. The van der Waals surface area contributed by atoms with Crippen molar-refractivity contribution in [3.63, 3.8) is 0 Å². The molecule has 2 aliphatic rings. The van der Waals surface area contributed by atoms with Gasteiger partial charge in [0, 0.05) is 35.1 Å². The van der Waals surface area contributed by atoms with E-state index in [0.717, 1.165) is 17.5 Å². The van der Waals surface area contributed by atoms with Crippen molar-refractivity contribution < 1.29 is 31.4 Å². The molecule has 0 N–H and O–H groups in total. The van der Waals surface area contributed by atoms with Crippen molar-refractivity contribution in [2.24, 2.45) is 16.7 Å². The first-order chi connectivity index (χ1) is 19.4. The molecular weight excluding hydrogens is 579 g/mol. The van der Waals surface area contributed by atoms with E-state index >= 15 is 0 Å². The molecule has 0 unspecified atom stereocenters. The van der Waals surface area contributed by atoms with Gasteiger partial charge in [0.2, 0.25) is 0 Å². The number of aldehydes is 1. The molecular formula is C37H43FeO3P. The van der Waals surface area contributed by atoms with E-state index in [1.165, 1.54) is 10.6 Å². The third-order valence-electron chi connectivity index (χ3n) is 7.21. The van der Waals surface area contributed by atoms with Gasteiger partial charge in [0.25, 0.3) is 0 Å². The smallest absolute Gasteiger partial charge is 0.315 e. The number of benzene rings is 2.